The van der Waals surface area contributed by atoms with E-state index in [9.17, 15) is 70.7 Å². The Morgan fingerprint density at radius 1 is 0.510 bits per heavy atom. The molecular weight excluding hydrogens is 731 g/mol. The molecule has 0 aromatic heterocycles. The third kappa shape index (κ3) is 9.34. The highest BCUT2D eigenvalue weighted by Gasteiger charge is 2.94. The molecule has 0 spiro atoms. The molecule has 0 saturated carbocycles. The van der Waals surface area contributed by atoms with Crippen LogP contribution in [0.4, 0.5) is 65.9 Å². The molecule has 286 valence electrons. The molecule has 0 bridgehead atoms. The Labute approximate surface area is 281 Å². The molecule has 0 unspecified atom stereocenters. The van der Waals surface area contributed by atoms with Crippen molar-refractivity contribution in [2.45, 2.75) is 99.5 Å². The van der Waals surface area contributed by atoms with Crippen LogP contribution in [-0.4, -0.2) is 60.9 Å². The van der Waals surface area contributed by atoms with Crippen LogP contribution in [0.15, 0.2) is 48.5 Å². The van der Waals surface area contributed by atoms with Gasteiger partial charge in [-0.2, -0.15) is 71.1 Å². The number of nitrogens with zero attached hydrogens (tertiary/aromatic N) is 1. The van der Waals surface area contributed by atoms with Crippen LogP contribution in [0.3, 0.4) is 0 Å². The van der Waals surface area contributed by atoms with E-state index < -0.39 is 54.3 Å². The highest BCUT2D eigenvalue weighted by molar-refractivity contribution is 5.79. The minimum Gasteiger partial charge on any atom is -0.494 e. The number of hydrogen-bond acceptors (Lipinski definition) is 4. The molecule has 0 N–H and O–H groups in total. The number of rotatable bonds is 20. The Hall–Kier alpha value is -3.85. The fourth-order valence-electron chi connectivity index (χ4n) is 4.46. The van der Waals surface area contributed by atoms with Crippen molar-refractivity contribution in [1.82, 2.24) is 0 Å². The van der Waals surface area contributed by atoms with E-state index in [0.29, 0.717) is 37.2 Å². The highest BCUT2D eigenvalue weighted by atomic mass is 19.4. The lowest BCUT2D eigenvalue weighted by molar-refractivity contribution is -0.450. The summed E-state index contributed by atoms with van der Waals surface area (Å²) in [6, 6.07) is 16.5. The maximum Gasteiger partial charge on any atom is 0.460 e. The Balaban J connectivity index is 1.68. The second-order valence-corrected chi connectivity index (χ2v) is 11.3. The SMILES string of the molecule is N#Cc1ccc(-c2ccc(OCCCCCCCCCCCOC(=O)C(F)(F)C(F)(F)C(F)(F)C(F)(F)C(F)(F)C(F)(F)C(F)(F)F)cc2)cc1. The van der Waals surface area contributed by atoms with E-state index in [1.165, 1.54) is 0 Å². The Morgan fingerprint density at radius 2 is 0.882 bits per heavy atom. The summed E-state index contributed by atoms with van der Waals surface area (Å²) in [4.78, 5) is 11.4. The maximum absolute atomic E-state index is 13.8. The molecule has 2 aromatic carbocycles. The molecule has 19 heteroatoms. The molecule has 2 aromatic rings. The Kier molecular flexibility index (Phi) is 14.1. The number of alkyl halides is 15. The fraction of sp³-hybridized carbons (Fsp3) is 0.562. The van der Waals surface area contributed by atoms with Gasteiger partial charge in [-0.3, -0.25) is 0 Å². The second kappa shape index (κ2) is 16.7. The van der Waals surface area contributed by atoms with Crippen molar-refractivity contribution in [3.8, 4) is 22.9 Å². The molecule has 0 fully saturated rings. The first-order valence-corrected chi connectivity index (χ1v) is 15.1. The van der Waals surface area contributed by atoms with Crippen molar-refractivity contribution in [2.24, 2.45) is 0 Å². The zero-order valence-corrected chi connectivity index (χ0v) is 26.2. The number of nitriles is 1. The van der Waals surface area contributed by atoms with E-state index in [1.54, 1.807) is 12.1 Å². The molecule has 0 saturated heterocycles. The topological polar surface area (TPSA) is 59.3 Å². The number of unbranched alkanes of at least 4 members (excludes halogenated alkanes) is 8. The summed E-state index contributed by atoms with van der Waals surface area (Å²) >= 11 is 0. The number of halogens is 15. The van der Waals surface area contributed by atoms with Crippen molar-refractivity contribution >= 4 is 5.97 Å². The molecule has 4 nitrogen and oxygen atoms in total. The molecule has 0 aliphatic heterocycles. The Morgan fingerprint density at radius 3 is 1.31 bits per heavy atom. The number of carbonyl (C=O) groups is 1. The first-order chi connectivity index (χ1) is 23.4. The predicted molar refractivity (Wildman–Crippen MR) is 150 cm³/mol. The third-order valence-electron chi connectivity index (χ3n) is 7.58. The Bertz CT molecular complexity index is 1450. The highest BCUT2D eigenvalue weighted by Crippen LogP contribution is 2.62. The van der Waals surface area contributed by atoms with Gasteiger partial charge >= 0.3 is 47.7 Å². The van der Waals surface area contributed by atoms with Gasteiger partial charge in [-0.05, 0) is 48.2 Å². The number of benzene rings is 2. The van der Waals surface area contributed by atoms with Gasteiger partial charge in [0.1, 0.15) is 5.75 Å². The van der Waals surface area contributed by atoms with E-state index in [4.69, 9.17) is 10.00 Å². The average Bonchev–Trinajstić information content (AvgIpc) is 3.06. The standard InChI is InChI=1S/C32H30F15NO3/c33-26(34,27(35,36)28(37,38)29(39,40)30(41,42)31(43,44)32(45,46)47)25(49)51-19-9-7-5-3-1-2-4-6-8-18-50-24-16-14-23(15-17-24)22-12-10-21(20-48)11-13-22/h10-17H,1-9,18-19H2. The summed E-state index contributed by atoms with van der Waals surface area (Å²) in [6.45, 7) is -0.701. The lowest BCUT2D eigenvalue weighted by Gasteiger charge is -2.40. The van der Waals surface area contributed by atoms with E-state index >= 15 is 0 Å². The fourth-order valence-corrected chi connectivity index (χ4v) is 4.46. The first kappa shape index (κ1) is 43.3. The van der Waals surface area contributed by atoms with E-state index in [2.05, 4.69) is 4.74 Å². The number of ether oxygens (including phenoxy) is 2. The monoisotopic (exact) mass is 761 g/mol. The van der Waals surface area contributed by atoms with Gasteiger partial charge in [0.05, 0.1) is 24.8 Å². The van der Waals surface area contributed by atoms with Crippen LogP contribution < -0.4 is 4.74 Å². The second-order valence-electron chi connectivity index (χ2n) is 11.3. The van der Waals surface area contributed by atoms with Gasteiger partial charge in [-0.25, -0.2) is 4.79 Å². The summed E-state index contributed by atoms with van der Waals surface area (Å²) in [5.74, 6) is -51.2. The molecule has 0 heterocycles. The molecule has 2 rings (SSSR count). The van der Waals surface area contributed by atoms with Crippen LogP contribution >= 0.6 is 0 Å². The van der Waals surface area contributed by atoms with Gasteiger partial charge in [-0.15, -0.1) is 0 Å². The molecule has 0 aliphatic rings. The normalized spacial score (nSPS) is 13.5. The smallest absolute Gasteiger partial charge is 0.460 e. The van der Waals surface area contributed by atoms with Crippen molar-refractivity contribution in [3.63, 3.8) is 0 Å². The summed E-state index contributed by atoms with van der Waals surface area (Å²) in [7, 11) is 0. The van der Waals surface area contributed by atoms with Crippen LogP contribution in [0.1, 0.15) is 63.4 Å². The molecular formula is C32H30F15NO3. The summed E-state index contributed by atoms with van der Waals surface area (Å²) in [6.07, 6.45) is -3.09. The van der Waals surface area contributed by atoms with E-state index in [-0.39, 0.29) is 12.8 Å². The predicted octanol–water partition coefficient (Wildman–Crippen LogP) is 11.0. The number of hydrogen-bond donors (Lipinski definition) is 0. The van der Waals surface area contributed by atoms with Crippen LogP contribution in [-0.2, 0) is 9.53 Å². The van der Waals surface area contributed by atoms with Crippen molar-refractivity contribution in [1.29, 1.82) is 5.26 Å². The zero-order chi connectivity index (χ0) is 38.9. The average molecular weight is 762 g/mol. The zero-order valence-electron chi connectivity index (χ0n) is 26.2. The minimum atomic E-state index is -8.46. The van der Waals surface area contributed by atoms with Gasteiger partial charge in [0.2, 0.25) is 0 Å². The quantitative estimate of drug-likeness (QED) is 0.0766. The summed E-state index contributed by atoms with van der Waals surface area (Å²) in [5.41, 5.74) is 2.44. The van der Waals surface area contributed by atoms with Crippen LogP contribution in [0.5, 0.6) is 5.75 Å². The minimum absolute atomic E-state index is 0.111. The first-order valence-electron chi connectivity index (χ1n) is 15.1. The summed E-state index contributed by atoms with van der Waals surface area (Å²) < 4.78 is 208. The molecule has 0 aliphatic carbocycles. The van der Waals surface area contributed by atoms with Gasteiger partial charge in [-0.1, -0.05) is 69.2 Å². The van der Waals surface area contributed by atoms with Crippen molar-refractivity contribution in [3.05, 3.63) is 54.1 Å². The summed E-state index contributed by atoms with van der Waals surface area (Å²) in [5, 5.41) is 8.88. The molecule has 0 atom stereocenters. The van der Waals surface area contributed by atoms with Crippen LogP contribution in [0, 0.1) is 11.3 Å². The molecule has 51 heavy (non-hydrogen) atoms. The van der Waals surface area contributed by atoms with Crippen molar-refractivity contribution < 1.29 is 80.1 Å². The largest absolute Gasteiger partial charge is 0.494 e. The maximum atomic E-state index is 13.8. The van der Waals surface area contributed by atoms with Crippen LogP contribution in [0.25, 0.3) is 11.1 Å². The lowest BCUT2D eigenvalue weighted by Crippen LogP contribution is -2.73. The lowest BCUT2D eigenvalue weighted by atomic mass is 9.91. The molecule has 0 amide bonds. The van der Waals surface area contributed by atoms with E-state index in [0.717, 1.165) is 36.8 Å². The number of esters is 1. The van der Waals surface area contributed by atoms with Crippen LogP contribution in [0.2, 0.25) is 0 Å². The van der Waals surface area contributed by atoms with Gasteiger partial charge < -0.3 is 9.47 Å². The molecule has 0 radical (unpaired) electrons. The third-order valence-corrected chi connectivity index (χ3v) is 7.58. The van der Waals surface area contributed by atoms with Gasteiger partial charge in [0.25, 0.3) is 0 Å². The number of carbonyl (C=O) groups excluding carboxylic acids is 1. The van der Waals surface area contributed by atoms with E-state index in [1.807, 2.05) is 42.5 Å². The van der Waals surface area contributed by atoms with Gasteiger partial charge in [0.15, 0.2) is 0 Å². The van der Waals surface area contributed by atoms with Gasteiger partial charge in [0, 0.05) is 0 Å². The van der Waals surface area contributed by atoms with Crippen molar-refractivity contribution in [2.75, 3.05) is 13.2 Å².